The Morgan fingerprint density at radius 1 is 0.239 bits per heavy atom. The molecule has 4 aliphatic heterocycles. The lowest BCUT2D eigenvalue weighted by molar-refractivity contribution is -0.150. The van der Waals surface area contributed by atoms with Crippen LogP contribution in [0.4, 0.5) is 45.5 Å². The van der Waals surface area contributed by atoms with E-state index in [2.05, 4.69) is 42.5 Å². The summed E-state index contributed by atoms with van der Waals surface area (Å²) in [6, 6.07) is 33.5. The molecule has 4 heterocycles. The molecule has 8 aromatic carbocycles. The number of carbonyl (C=O) groups is 8. The molecule has 0 spiro atoms. The Kier molecular flexibility index (Phi) is 32.9. The van der Waals surface area contributed by atoms with E-state index in [1.54, 1.807) is 12.1 Å². The van der Waals surface area contributed by atoms with Crippen LogP contribution in [0.25, 0.3) is 43.1 Å². The van der Waals surface area contributed by atoms with E-state index in [1.807, 2.05) is 146 Å². The minimum absolute atomic E-state index is 0.0746. The van der Waals surface area contributed by atoms with Crippen LogP contribution in [-0.4, -0.2) is 191 Å². The first-order chi connectivity index (χ1) is 66.7. The molecule has 138 heavy (non-hydrogen) atoms. The number of rotatable bonds is 50. The lowest BCUT2D eigenvalue weighted by atomic mass is 9.61. The summed E-state index contributed by atoms with van der Waals surface area (Å²) < 4.78 is 48.9. The zero-order valence-corrected chi connectivity index (χ0v) is 81.0. The lowest BCUT2D eigenvalue weighted by Gasteiger charge is -2.52. The van der Waals surface area contributed by atoms with Gasteiger partial charge in [0, 0.05) is 154 Å². The van der Waals surface area contributed by atoms with Crippen LogP contribution in [0, 0.1) is 0 Å². The second-order valence-corrected chi connectivity index (χ2v) is 39.2. The molecular formula is C108H140N8O22. The average molecular weight is 1900 g/mol. The Morgan fingerprint density at radius 2 is 0.420 bits per heavy atom. The van der Waals surface area contributed by atoms with Gasteiger partial charge in [-0.15, -0.1) is 0 Å². The van der Waals surface area contributed by atoms with Gasteiger partial charge in [-0.2, -0.15) is 0 Å². The van der Waals surface area contributed by atoms with Gasteiger partial charge in [0.2, 0.25) is 0 Å². The Hall–Kier alpha value is -11.3. The summed E-state index contributed by atoms with van der Waals surface area (Å²) in [4.78, 5) is 110. The predicted octanol–water partition coefficient (Wildman–Crippen LogP) is 17.7. The molecule has 8 aromatic rings. The van der Waals surface area contributed by atoms with Crippen molar-refractivity contribution in [1.82, 2.24) is 0 Å². The fourth-order valence-electron chi connectivity index (χ4n) is 21.3. The van der Waals surface area contributed by atoms with Gasteiger partial charge < -0.3 is 111 Å². The van der Waals surface area contributed by atoms with Crippen LogP contribution >= 0.6 is 0 Å². The van der Waals surface area contributed by atoms with Gasteiger partial charge in [0.25, 0.3) is 0 Å². The summed E-state index contributed by atoms with van der Waals surface area (Å²) in [5.74, 6) is -10.4. The minimum Gasteiger partial charge on any atom is -0.461 e. The highest BCUT2D eigenvalue weighted by atomic mass is 16.6. The number of anilines is 8. The summed E-state index contributed by atoms with van der Waals surface area (Å²) >= 11 is 0. The predicted molar refractivity (Wildman–Crippen MR) is 531 cm³/mol. The highest BCUT2D eigenvalue weighted by Crippen LogP contribution is 2.62. The SMILES string of the molecule is CCCCCC(=O)OCC1(COC(C)=O)Nc2cccc3ccc(C4C(O)C(c5ccc6ccc(C7C(O)C(c8ccc9ccc(C%10C(O)C(c%11ccc%12cccc%13c%12c%11NC(COC(=O)CCCCC)(COC(=O)CCCCC)N%13)C%10O)c%10c9c8NC(COC(=O)CCCCC)(COC(=O)CCCCC)N%10)C7O)c7c6c5NC(COC(=O)CCCCC)(COC(=O)CCCCC)N7)C4O)c(c23)N1. The largest absolute Gasteiger partial charge is 0.461 e. The van der Waals surface area contributed by atoms with E-state index < -0.39 is 169 Å². The van der Waals surface area contributed by atoms with Gasteiger partial charge in [-0.3, -0.25) is 38.4 Å². The fourth-order valence-corrected chi connectivity index (χ4v) is 21.3. The van der Waals surface area contributed by atoms with Crippen LogP contribution in [0.1, 0.15) is 304 Å². The smallest absolute Gasteiger partial charge is 0.305 e. The maximum absolute atomic E-state index is 14.2. The normalized spacial score (nSPS) is 22.8. The molecule has 15 rings (SSSR count). The monoisotopic (exact) mass is 1900 g/mol. The Labute approximate surface area is 806 Å². The van der Waals surface area contributed by atoms with Crippen LogP contribution < -0.4 is 42.5 Å². The first-order valence-corrected chi connectivity index (χ1v) is 50.6. The van der Waals surface area contributed by atoms with Gasteiger partial charge in [0.05, 0.1) is 36.6 Å². The number of aliphatic hydroxyl groups is 6. The first kappa shape index (κ1) is 101. The van der Waals surface area contributed by atoms with Crippen molar-refractivity contribution in [3.8, 4) is 0 Å². The van der Waals surface area contributed by atoms with Crippen molar-refractivity contribution >= 4 is 136 Å². The van der Waals surface area contributed by atoms with Crippen LogP contribution in [0.5, 0.6) is 0 Å². The standard InChI is InChI=1S/C108H140N8O22/c1-9-16-23-36-76(118)132-56-105(55-131-63(8)117)109-74-34-30-32-64-43-49-68(93(111-105)83(64)74)87-99(125)89(100(87)126)70-51-45-66-47-53-72(97-85(66)95(70)113-107(115-97,59-135-79(121)39-26-19-12-4)60-136-80(122)40-27-20-13-5)91-103(129)92(104(91)130)73-54-48-67-46-52-71(96-86(67)98(73)116-108(114-96,61-137-81(123)41-28-21-14-6)62-138-82(124)42-29-22-15-7)90-101(127)88(102(90)128)69-50-44-65-33-31-35-75-84(65)94(69)112-106(110-75,57-133-77(119)37-24-17-10-2)58-134-78(120)38-25-18-11-3/h30-35,43-54,87-92,99-104,109-116,125-130H,9-29,36-42,55-62H2,1-8H3. The van der Waals surface area contributed by atoms with Gasteiger partial charge >= 0.3 is 47.8 Å². The van der Waals surface area contributed by atoms with Gasteiger partial charge in [-0.25, -0.2) is 0 Å². The molecule has 3 aliphatic carbocycles. The van der Waals surface area contributed by atoms with Crippen LogP contribution in [0.15, 0.2) is 109 Å². The van der Waals surface area contributed by atoms with Crippen LogP contribution in [0.3, 0.4) is 0 Å². The van der Waals surface area contributed by atoms with Crippen molar-refractivity contribution in [3.63, 3.8) is 0 Å². The number of carbonyl (C=O) groups excluding carboxylic acids is 8. The van der Waals surface area contributed by atoms with Crippen molar-refractivity contribution in [2.75, 3.05) is 95.4 Å². The fraction of sp³-hybridized carbons (Fsp3) is 0.556. The van der Waals surface area contributed by atoms with E-state index in [4.69, 9.17) is 37.9 Å². The van der Waals surface area contributed by atoms with E-state index >= 15 is 0 Å². The number of unbranched alkanes of at least 4 members (excludes halogenated alkanes) is 14. The molecule has 7 unspecified atom stereocenters. The quantitative estimate of drug-likeness (QED) is 0.00956. The van der Waals surface area contributed by atoms with E-state index in [-0.39, 0.29) is 71.4 Å². The molecule has 14 N–H and O–H groups in total. The number of nitrogens with one attached hydrogen (secondary N) is 8. The van der Waals surface area contributed by atoms with Gasteiger partial charge in [0.1, 0.15) is 52.9 Å². The van der Waals surface area contributed by atoms with Crippen molar-refractivity contribution in [1.29, 1.82) is 0 Å². The lowest BCUT2D eigenvalue weighted by Crippen LogP contribution is -2.59. The Bertz CT molecular complexity index is 5530. The zero-order valence-electron chi connectivity index (χ0n) is 81.0. The third-order valence-corrected chi connectivity index (χ3v) is 28.9. The highest BCUT2D eigenvalue weighted by molar-refractivity contribution is 6.12. The molecule has 0 bridgehead atoms. The summed E-state index contributed by atoms with van der Waals surface area (Å²) in [6.45, 7) is 12.6. The van der Waals surface area contributed by atoms with E-state index in [0.717, 1.165) is 101 Å². The maximum Gasteiger partial charge on any atom is 0.305 e. The van der Waals surface area contributed by atoms with Gasteiger partial charge in [-0.05, 0) is 112 Å². The van der Waals surface area contributed by atoms with Crippen molar-refractivity contribution in [2.24, 2.45) is 0 Å². The molecule has 744 valence electrons. The van der Waals surface area contributed by atoms with Crippen molar-refractivity contribution in [2.45, 2.75) is 330 Å². The number of esters is 8. The number of hydrogen-bond donors (Lipinski definition) is 14. The van der Waals surface area contributed by atoms with E-state index in [1.165, 1.54) is 6.92 Å². The number of hydrogen-bond acceptors (Lipinski definition) is 30. The van der Waals surface area contributed by atoms with Crippen molar-refractivity contribution in [3.05, 3.63) is 143 Å². The molecule has 30 heteroatoms. The Balaban J connectivity index is 0.824. The third kappa shape index (κ3) is 21.5. The van der Waals surface area contributed by atoms with Crippen LogP contribution in [-0.2, 0) is 76.3 Å². The molecular weight excluding hydrogens is 1760 g/mol. The molecule has 0 saturated heterocycles. The van der Waals surface area contributed by atoms with Crippen molar-refractivity contribution < 1.29 is 107 Å². The third-order valence-electron chi connectivity index (χ3n) is 28.9. The number of ether oxygens (including phenoxy) is 8. The average Bonchev–Trinajstić information content (AvgIpc) is 0.699. The second-order valence-electron chi connectivity index (χ2n) is 39.2. The topological polar surface area (TPSA) is 428 Å². The highest BCUT2D eigenvalue weighted by Gasteiger charge is 2.59. The second kappa shape index (κ2) is 44.9. The molecule has 30 nitrogen and oxygen atoms in total. The summed E-state index contributed by atoms with van der Waals surface area (Å²) in [5, 5.41) is 115. The maximum atomic E-state index is 14.2. The van der Waals surface area contributed by atoms with E-state index in [9.17, 15) is 69.0 Å². The number of aliphatic hydroxyl groups excluding tert-OH is 6. The van der Waals surface area contributed by atoms with E-state index in [0.29, 0.717) is 156 Å². The first-order valence-electron chi connectivity index (χ1n) is 50.6. The molecule has 0 radical (unpaired) electrons. The van der Waals surface area contributed by atoms with Gasteiger partial charge in [0.15, 0.2) is 22.7 Å². The molecule has 0 amide bonds. The zero-order chi connectivity index (χ0) is 97.7. The summed E-state index contributed by atoms with van der Waals surface area (Å²) in [5.41, 5.74) is 0.00999. The molecule has 7 atom stereocenters. The minimum atomic E-state index is -1.73. The summed E-state index contributed by atoms with van der Waals surface area (Å²) in [6.07, 6.45) is 8.06. The molecule has 3 fully saturated rings. The summed E-state index contributed by atoms with van der Waals surface area (Å²) in [7, 11) is 0. The molecule has 7 aliphatic rings. The number of benzene rings is 8. The molecule has 0 aromatic heterocycles. The molecule has 3 saturated carbocycles. The Morgan fingerprint density at radius 3 is 0.616 bits per heavy atom. The van der Waals surface area contributed by atoms with Gasteiger partial charge in [-0.1, -0.05) is 235 Å². The van der Waals surface area contributed by atoms with Crippen LogP contribution in [0.2, 0.25) is 0 Å².